The maximum absolute atomic E-state index is 12.9. The molecule has 0 aliphatic heterocycles. The van der Waals surface area contributed by atoms with Crippen molar-refractivity contribution >= 4 is 22.7 Å². The van der Waals surface area contributed by atoms with Crippen molar-refractivity contribution in [1.29, 1.82) is 0 Å². The van der Waals surface area contributed by atoms with Crippen LogP contribution in [0.4, 0.5) is 13.2 Å². The monoisotopic (exact) mass is 307 g/mol. The summed E-state index contributed by atoms with van der Waals surface area (Å²) in [6, 6.07) is 16.3. The summed E-state index contributed by atoms with van der Waals surface area (Å²) in [5, 5.41) is 0.626. The summed E-state index contributed by atoms with van der Waals surface area (Å²) in [5.74, 6) is 0. The minimum absolute atomic E-state index is 0.0483. The van der Waals surface area contributed by atoms with E-state index in [-0.39, 0.29) is 16.7 Å². The van der Waals surface area contributed by atoms with Crippen molar-refractivity contribution in [2.45, 2.75) is 10.4 Å². The van der Waals surface area contributed by atoms with Crippen LogP contribution in [0.3, 0.4) is 0 Å². The molecule has 5 heteroatoms. The highest BCUT2D eigenvalue weighted by molar-refractivity contribution is 8.00. The molecule has 0 atom stereocenters. The van der Waals surface area contributed by atoms with E-state index in [4.69, 9.17) is 0 Å². The van der Waals surface area contributed by atoms with Gasteiger partial charge in [0.2, 0.25) is 0 Å². The van der Waals surface area contributed by atoms with Crippen molar-refractivity contribution in [3.05, 3.63) is 54.6 Å². The number of thioether (sulfide) groups is 1. The first-order chi connectivity index (χ1) is 9.97. The van der Waals surface area contributed by atoms with Crippen molar-refractivity contribution in [2.24, 2.45) is 7.05 Å². The minimum atomic E-state index is -4.31. The number of nitrogens with zero attached hydrogens (tertiary/aromatic N) is 1. The smallest absolute Gasteiger partial charge is 0.343 e. The predicted octanol–water partition coefficient (Wildman–Crippen LogP) is 5.46. The fourth-order valence-corrected chi connectivity index (χ4v) is 3.36. The standard InChI is InChI=1S/C16H12F3NS/c1-20-13-10-6-5-9-12(13)15(21-16(17,18)19)14(20)11-7-3-2-4-8-11/h2-10H,1H3. The van der Waals surface area contributed by atoms with Gasteiger partial charge in [0.1, 0.15) is 0 Å². The first-order valence-electron chi connectivity index (χ1n) is 6.36. The summed E-state index contributed by atoms with van der Waals surface area (Å²) < 4.78 is 40.6. The molecule has 0 saturated carbocycles. The van der Waals surface area contributed by atoms with Crippen molar-refractivity contribution in [1.82, 2.24) is 4.57 Å². The third-order valence-electron chi connectivity index (χ3n) is 3.33. The van der Waals surface area contributed by atoms with Crippen LogP contribution in [0.5, 0.6) is 0 Å². The summed E-state index contributed by atoms with van der Waals surface area (Å²) in [6.07, 6.45) is 0. The molecular weight excluding hydrogens is 295 g/mol. The van der Waals surface area contributed by atoms with E-state index in [1.807, 2.05) is 47.0 Å². The largest absolute Gasteiger partial charge is 0.446 e. The van der Waals surface area contributed by atoms with E-state index in [0.717, 1.165) is 11.1 Å². The number of para-hydroxylation sites is 1. The first-order valence-corrected chi connectivity index (χ1v) is 7.17. The third-order valence-corrected chi connectivity index (χ3v) is 4.17. The van der Waals surface area contributed by atoms with Crippen LogP contribution in [-0.4, -0.2) is 10.1 Å². The van der Waals surface area contributed by atoms with Crippen LogP contribution in [-0.2, 0) is 7.05 Å². The Morgan fingerprint density at radius 1 is 0.905 bits per heavy atom. The first kappa shape index (κ1) is 14.1. The quantitative estimate of drug-likeness (QED) is 0.569. The lowest BCUT2D eigenvalue weighted by Gasteiger charge is -2.09. The van der Waals surface area contributed by atoms with Gasteiger partial charge in [0, 0.05) is 22.8 Å². The van der Waals surface area contributed by atoms with Crippen molar-refractivity contribution < 1.29 is 13.2 Å². The van der Waals surface area contributed by atoms with Gasteiger partial charge in [0.25, 0.3) is 0 Å². The lowest BCUT2D eigenvalue weighted by molar-refractivity contribution is -0.0327. The van der Waals surface area contributed by atoms with Crippen molar-refractivity contribution in [2.75, 3.05) is 0 Å². The molecule has 1 aromatic heterocycles. The summed E-state index contributed by atoms with van der Waals surface area (Å²) in [4.78, 5) is 0.256. The fraction of sp³-hybridized carbons (Fsp3) is 0.125. The number of fused-ring (bicyclic) bond motifs is 1. The number of aromatic nitrogens is 1. The second-order valence-electron chi connectivity index (χ2n) is 4.67. The van der Waals surface area contributed by atoms with Crippen LogP contribution in [0.25, 0.3) is 22.2 Å². The van der Waals surface area contributed by atoms with Crippen LogP contribution in [0, 0.1) is 0 Å². The molecule has 0 spiro atoms. The van der Waals surface area contributed by atoms with E-state index >= 15 is 0 Å². The number of hydrogen-bond donors (Lipinski definition) is 0. The van der Waals surface area contributed by atoms with Crippen LogP contribution >= 0.6 is 11.8 Å². The fourth-order valence-electron chi connectivity index (χ4n) is 2.50. The lowest BCUT2D eigenvalue weighted by atomic mass is 10.1. The van der Waals surface area contributed by atoms with Gasteiger partial charge in [-0.1, -0.05) is 48.5 Å². The van der Waals surface area contributed by atoms with Gasteiger partial charge in [-0.2, -0.15) is 13.2 Å². The van der Waals surface area contributed by atoms with Crippen molar-refractivity contribution in [3.8, 4) is 11.3 Å². The van der Waals surface area contributed by atoms with E-state index in [1.54, 1.807) is 19.2 Å². The van der Waals surface area contributed by atoms with E-state index in [0.29, 0.717) is 11.1 Å². The van der Waals surface area contributed by atoms with Gasteiger partial charge in [-0.15, -0.1) is 0 Å². The Morgan fingerprint density at radius 3 is 2.19 bits per heavy atom. The van der Waals surface area contributed by atoms with Gasteiger partial charge in [0.15, 0.2) is 0 Å². The SMILES string of the molecule is Cn1c(-c2ccccc2)c(SC(F)(F)F)c2ccccc21. The Bertz CT molecular complexity index is 775. The summed E-state index contributed by atoms with van der Waals surface area (Å²) in [7, 11) is 1.80. The van der Waals surface area contributed by atoms with Crippen molar-refractivity contribution in [3.63, 3.8) is 0 Å². The molecular formula is C16H12F3NS. The summed E-state index contributed by atoms with van der Waals surface area (Å²) in [6.45, 7) is 0. The second kappa shape index (κ2) is 5.15. The van der Waals surface area contributed by atoms with Gasteiger partial charge in [0.05, 0.1) is 5.69 Å². The number of rotatable bonds is 2. The average molecular weight is 307 g/mol. The molecule has 3 aromatic rings. The maximum Gasteiger partial charge on any atom is 0.446 e. The molecule has 0 radical (unpaired) electrons. The van der Waals surface area contributed by atoms with Gasteiger partial charge in [-0.05, 0) is 23.4 Å². The van der Waals surface area contributed by atoms with Crippen LogP contribution < -0.4 is 0 Å². The molecule has 108 valence electrons. The Kier molecular flexibility index (Phi) is 3.45. The Labute approximate surface area is 124 Å². The third kappa shape index (κ3) is 2.65. The van der Waals surface area contributed by atoms with Crippen LogP contribution in [0.15, 0.2) is 59.5 Å². The van der Waals surface area contributed by atoms with Gasteiger partial charge < -0.3 is 4.57 Å². The molecule has 3 rings (SSSR count). The highest BCUT2D eigenvalue weighted by Crippen LogP contribution is 2.46. The number of halogens is 3. The molecule has 0 N–H and O–H groups in total. The molecule has 0 saturated heterocycles. The molecule has 0 bridgehead atoms. The molecule has 1 heterocycles. The van der Waals surface area contributed by atoms with E-state index in [1.165, 1.54) is 0 Å². The average Bonchev–Trinajstić information content (AvgIpc) is 2.72. The molecule has 0 amide bonds. The molecule has 0 aliphatic carbocycles. The molecule has 2 aromatic carbocycles. The highest BCUT2D eigenvalue weighted by Gasteiger charge is 2.33. The minimum Gasteiger partial charge on any atom is -0.343 e. The zero-order chi connectivity index (χ0) is 15.0. The molecule has 0 fully saturated rings. The molecule has 0 unspecified atom stereocenters. The Hall–Kier alpha value is -1.88. The zero-order valence-corrected chi connectivity index (χ0v) is 12.0. The van der Waals surface area contributed by atoms with E-state index < -0.39 is 5.51 Å². The predicted molar refractivity (Wildman–Crippen MR) is 80.3 cm³/mol. The topological polar surface area (TPSA) is 4.93 Å². The Morgan fingerprint density at radius 2 is 1.52 bits per heavy atom. The maximum atomic E-state index is 12.9. The van der Waals surface area contributed by atoms with Crippen LogP contribution in [0.2, 0.25) is 0 Å². The lowest BCUT2D eigenvalue weighted by Crippen LogP contribution is -2.00. The highest BCUT2D eigenvalue weighted by atomic mass is 32.2. The van der Waals surface area contributed by atoms with E-state index in [2.05, 4.69) is 0 Å². The number of aryl methyl sites for hydroxylation is 1. The number of alkyl halides is 3. The zero-order valence-electron chi connectivity index (χ0n) is 11.2. The summed E-state index contributed by atoms with van der Waals surface area (Å²) >= 11 is -0.0483. The molecule has 0 aliphatic rings. The van der Waals surface area contributed by atoms with Gasteiger partial charge in [-0.25, -0.2) is 0 Å². The van der Waals surface area contributed by atoms with Gasteiger partial charge >= 0.3 is 5.51 Å². The molecule has 21 heavy (non-hydrogen) atoms. The Balaban J connectivity index is 2.32. The normalized spacial score (nSPS) is 12.0. The van der Waals surface area contributed by atoms with Gasteiger partial charge in [-0.3, -0.25) is 0 Å². The summed E-state index contributed by atoms with van der Waals surface area (Å²) in [5.41, 5.74) is -2.14. The van der Waals surface area contributed by atoms with Crippen LogP contribution in [0.1, 0.15) is 0 Å². The number of hydrogen-bond acceptors (Lipinski definition) is 1. The number of benzene rings is 2. The van der Waals surface area contributed by atoms with E-state index in [9.17, 15) is 13.2 Å². The second-order valence-corrected chi connectivity index (χ2v) is 5.74. The molecule has 1 nitrogen and oxygen atoms in total.